The Hall–Kier alpha value is -2.12. The highest BCUT2D eigenvalue weighted by molar-refractivity contribution is 5.83. The third-order valence-corrected chi connectivity index (χ3v) is 10.2. The van der Waals surface area contributed by atoms with Crippen molar-refractivity contribution < 1.29 is 33.3 Å². The lowest BCUT2D eigenvalue weighted by Crippen LogP contribution is -2.72. The maximum atomic E-state index is 13.1. The Labute approximate surface area is 193 Å². The molecule has 1 aromatic heterocycles. The maximum absolute atomic E-state index is 13.1. The van der Waals surface area contributed by atoms with Crippen LogP contribution in [0.1, 0.15) is 65.5 Å². The van der Waals surface area contributed by atoms with E-state index in [2.05, 4.69) is 20.8 Å². The molecule has 9 atom stereocenters. The molecule has 5 aliphatic rings. The minimum absolute atomic E-state index is 0.0160. The summed E-state index contributed by atoms with van der Waals surface area (Å²) in [6.07, 6.45) is 6.82. The summed E-state index contributed by atoms with van der Waals surface area (Å²) in [6, 6.07) is 1.84. The van der Waals surface area contributed by atoms with Crippen LogP contribution in [0, 0.1) is 28.1 Å². The van der Waals surface area contributed by atoms with Gasteiger partial charge in [0.25, 0.3) is 0 Å². The summed E-state index contributed by atoms with van der Waals surface area (Å²) in [6.45, 7) is 10.3. The molecule has 2 aliphatic carbocycles. The predicted octanol–water partition coefficient (Wildman–Crippen LogP) is 3.72. The lowest BCUT2D eigenvalue weighted by atomic mass is 9.37. The summed E-state index contributed by atoms with van der Waals surface area (Å²) in [7, 11) is 0. The van der Waals surface area contributed by atoms with Crippen LogP contribution in [-0.2, 0) is 23.8 Å². The van der Waals surface area contributed by atoms with Crippen molar-refractivity contribution in [2.24, 2.45) is 28.1 Å². The zero-order chi connectivity index (χ0) is 23.6. The fraction of sp³-hybridized carbons (Fsp3) is 0.692. The highest BCUT2D eigenvalue weighted by Gasteiger charge is 2.87. The van der Waals surface area contributed by atoms with Crippen LogP contribution in [0.5, 0.6) is 0 Å². The minimum atomic E-state index is -0.858. The number of ether oxygens (including phenoxy) is 3. The van der Waals surface area contributed by atoms with Gasteiger partial charge in [0.05, 0.1) is 18.6 Å². The van der Waals surface area contributed by atoms with Crippen molar-refractivity contribution in [1.29, 1.82) is 0 Å². The topological polar surface area (TPSA) is 98.5 Å². The molecule has 1 spiro atoms. The van der Waals surface area contributed by atoms with E-state index in [4.69, 9.17) is 18.6 Å². The number of aliphatic hydroxyl groups is 1. The Balaban J connectivity index is 1.52. The highest BCUT2D eigenvalue weighted by Crippen LogP contribution is 2.79. The van der Waals surface area contributed by atoms with Crippen LogP contribution in [-0.4, -0.2) is 40.5 Å². The first kappa shape index (κ1) is 21.4. The molecule has 4 heterocycles. The summed E-state index contributed by atoms with van der Waals surface area (Å²) in [4.78, 5) is 25.5. The van der Waals surface area contributed by atoms with Crippen LogP contribution in [0.15, 0.2) is 35.2 Å². The monoisotopic (exact) mass is 456 g/mol. The molecule has 1 aromatic rings. The Morgan fingerprint density at radius 1 is 1.06 bits per heavy atom. The van der Waals surface area contributed by atoms with Crippen LogP contribution < -0.4 is 0 Å². The summed E-state index contributed by atoms with van der Waals surface area (Å²) in [5, 5.41) is 11.8. The Morgan fingerprint density at radius 2 is 1.82 bits per heavy atom. The average molecular weight is 457 g/mol. The molecule has 0 aromatic carbocycles. The van der Waals surface area contributed by atoms with Gasteiger partial charge in [0.2, 0.25) is 0 Å². The molecular weight excluding hydrogens is 424 g/mol. The second-order valence-electron chi connectivity index (χ2n) is 11.9. The number of rotatable bonds is 1. The van der Waals surface area contributed by atoms with Crippen LogP contribution in [0.3, 0.4) is 0 Å². The van der Waals surface area contributed by atoms with E-state index in [9.17, 15) is 14.7 Å². The molecule has 1 N–H and O–H groups in total. The summed E-state index contributed by atoms with van der Waals surface area (Å²) in [5.41, 5.74) is -2.44. The quantitative estimate of drug-likeness (QED) is 0.508. The standard InChI is InChI=1S/C26H32O7/c1-22(2)16-12-17(27)25(5)15(23(16,3)9-7-18(28)32-22)6-10-24(4)19(14-8-11-30-13-14)31-21(29)20-26(24,25)33-20/h7-9,11,13,15-17,19-20,27H,6,10,12H2,1-5H3/t15?,16?,17-,19-,20-,23-,24+,25+,26-/m1/s1. The highest BCUT2D eigenvalue weighted by atomic mass is 16.7. The van der Waals surface area contributed by atoms with Gasteiger partial charge in [0.1, 0.15) is 17.3 Å². The molecule has 4 fully saturated rings. The molecule has 2 saturated carbocycles. The molecule has 2 unspecified atom stereocenters. The molecule has 33 heavy (non-hydrogen) atoms. The lowest BCUT2D eigenvalue weighted by Gasteiger charge is -2.67. The lowest BCUT2D eigenvalue weighted by molar-refractivity contribution is -0.252. The third-order valence-electron chi connectivity index (χ3n) is 10.2. The summed E-state index contributed by atoms with van der Waals surface area (Å²) in [5.74, 6) is -0.820. The number of hydrogen-bond donors (Lipinski definition) is 1. The van der Waals surface area contributed by atoms with Crippen LogP contribution >= 0.6 is 0 Å². The largest absolute Gasteiger partial charge is 0.472 e. The van der Waals surface area contributed by atoms with E-state index >= 15 is 0 Å². The second kappa shape index (κ2) is 6.11. The molecular formula is C26H32O7. The van der Waals surface area contributed by atoms with Gasteiger partial charge in [-0.1, -0.05) is 26.8 Å². The fourth-order valence-corrected chi connectivity index (χ4v) is 8.79. The van der Waals surface area contributed by atoms with Crippen molar-refractivity contribution in [3.8, 4) is 0 Å². The van der Waals surface area contributed by atoms with Crippen LogP contribution in [0.2, 0.25) is 0 Å². The Kier molecular flexibility index (Phi) is 3.96. The molecule has 7 nitrogen and oxygen atoms in total. The van der Waals surface area contributed by atoms with Gasteiger partial charge in [0.15, 0.2) is 6.10 Å². The number of esters is 2. The first-order valence-electron chi connectivity index (χ1n) is 11.9. The smallest absolute Gasteiger partial charge is 0.339 e. The van der Waals surface area contributed by atoms with Crippen molar-refractivity contribution in [3.05, 3.63) is 36.3 Å². The van der Waals surface area contributed by atoms with Crippen molar-refractivity contribution in [2.45, 2.75) is 83.4 Å². The Morgan fingerprint density at radius 3 is 2.52 bits per heavy atom. The molecule has 7 heteroatoms. The average Bonchev–Trinajstić information content (AvgIpc) is 3.33. The van der Waals surface area contributed by atoms with Gasteiger partial charge in [-0.15, -0.1) is 0 Å². The second-order valence-corrected chi connectivity index (χ2v) is 11.9. The normalized spacial score (nSPS) is 51.8. The fourth-order valence-electron chi connectivity index (χ4n) is 8.79. The van der Waals surface area contributed by atoms with E-state index in [1.807, 2.05) is 26.0 Å². The van der Waals surface area contributed by atoms with Crippen LogP contribution in [0.4, 0.5) is 0 Å². The maximum Gasteiger partial charge on any atom is 0.339 e. The van der Waals surface area contributed by atoms with E-state index in [1.165, 1.54) is 0 Å². The number of carbonyl (C=O) groups is 2. The summed E-state index contributed by atoms with van der Waals surface area (Å²) >= 11 is 0. The predicted molar refractivity (Wildman–Crippen MR) is 116 cm³/mol. The number of epoxide rings is 1. The van der Waals surface area contributed by atoms with Crippen molar-refractivity contribution in [1.82, 2.24) is 0 Å². The van der Waals surface area contributed by atoms with Crippen molar-refractivity contribution in [3.63, 3.8) is 0 Å². The van der Waals surface area contributed by atoms with Crippen molar-refractivity contribution in [2.75, 3.05) is 0 Å². The van der Waals surface area contributed by atoms with E-state index < -0.39 is 45.8 Å². The van der Waals surface area contributed by atoms with Gasteiger partial charge in [-0.3, -0.25) is 0 Å². The minimum Gasteiger partial charge on any atom is -0.472 e. The molecule has 3 aliphatic heterocycles. The number of aliphatic hydroxyl groups excluding tert-OH is 1. The first-order valence-corrected chi connectivity index (χ1v) is 11.9. The number of hydrogen-bond acceptors (Lipinski definition) is 7. The van der Waals surface area contributed by atoms with Gasteiger partial charge in [-0.25, -0.2) is 9.59 Å². The zero-order valence-electron chi connectivity index (χ0n) is 19.8. The zero-order valence-corrected chi connectivity index (χ0v) is 19.8. The van der Waals surface area contributed by atoms with Crippen molar-refractivity contribution >= 4 is 11.9 Å². The number of allylic oxidation sites excluding steroid dienone is 1. The van der Waals surface area contributed by atoms with E-state index in [0.717, 1.165) is 18.4 Å². The number of fused-ring (bicyclic) bond motifs is 3. The van der Waals surface area contributed by atoms with E-state index in [-0.39, 0.29) is 23.8 Å². The van der Waals surface area contributed by atoms with Gasteiger partial charge in [0, 0.05) is 28.4 Å². The van der Waals surface area contributed by atoms with Gasteiger partial charge < -0.3 is 23.7 Å². The molecule has 178 valence electrons. The Bertz CT molecular complexity index is 1060. The van der Waals surface area contributed by atoms with Gasteiger partial charge in [-0.2, -0.15) is 0 Å². The van der Waals surface area contributed by atoms with Gasteiger partial charge in [-0.05, 0) is 50.5 Å². The number of furan rings is 1. The summed E-state index contributed by atoms with van der Waals surface area (Å²) < 4.78 is 23.4. The molecule has 0 bridgehead atoms. The molecule has 0 radical (unpaired) electrons. The number of cyclic esters (lactones) is 2. The molecule has 6 rings (SSSR count). The SMILES string of the molecule is CC1(C)OC(=O)C=C[C@@]2(C)C1C[C@@H](O)[C@]1(C)C2CC[C@@]2(C)[C@@H](c3ccoc3)OC(=O)[C@H]3O[C@]321. The number of carbonyl (C=O) groups excluding carboxylic acids is 2. The first-order chi connectivity index (χ1) is 15.4. The third kappa shape index (κ3) is 2.28. The van der Waals surface area contributed by atoms with Crippen LogP contribution in [0.25, 0.3) is 0 Å². The molecule has 0 amide bonds. The van der Waals surface area contributed by atoms with E-state index in [1.54, 1.807) is 18.6 Å². The van der Waals surface area contributed by atoms with Gasteiger partial charge >= 0.3 is 11.9 Å². The molecule has 2 saturated heterocycles. The van der Waals surface area contributed by atoms with E-state index in [0.29, 0.717) is 6.42 Å².